The first-order valence-corrected chi connectivity index (χ1v) is 7.04. The Morgan fingerprint density at radius 3 is 2.28 bits per heavy atom. The first-order chi connectivity index (χ1) is 8.70. The zero-order chi connectivity index (χ0) is 13.0. The summed E-state index contributed by atoms with van der Waals surface area (Å²) in [5, 5.41) is 0. The van der Waals surface area contributed by atoms with Crippen molar-refractivity contribution in [2.24, 2.45) is 0 Å². The van der Waals surface area contributed by atoms with E-state index in [-0.39, 0.29) is 5.82 Å². The summed E-state index contributed by atoms with van der Waals surface area (Å²) >= 11 is 3.40. The molecule has 0 N–H and O–H groups in total. The van der Waals surface area contributed by atoms with E-state index in [0.29, 0.717) is 0 Å². The Morgan fingerprint density at radius 1 is 1.00 bits per heavy atom. The number of benzene rings is 2. The van der Waals surface area contributed by atoms with Crippen LogP contribution in [0.4, 0.5) is 4.39 Å². The van der Waals surface area contributed by atoms with Crippen LogP contribution in [0.3, 0.4) is 0 Å². The molecule has 0 spiro atoms. The van der Waals surface area contributed by atoms with Crippen molar-refractivity contribution in [1.82, 2.24) is 0 Å². The van der Waals surface area contributed by atoms with Crippen LogP contribution in [0.5, 0.6) is 0 Å². The highest BCUT2D eigenvalue weighted by molar-refractivity contribution is 9.10. The first-order valence-electron chi connectivity index (χ1n) is 6.25. The van der Waals surface area contributed by atoms with Crippen LogP contribution < -0.4 is 0 Å². The van der Waals surface area contributed by atoms with Gasteiger partial charge in [-0.2, -0.15) is 0 Å². The van der Waals surface area contributed by atoms with Gasteiger partial charge in [-0.15, -0.1) is 0 Å². The lowest BCUT2D eigenvalue weighted by atomic mass is 10.0. The van der Waals surface area contributed by atoms with Crippen LogP contribution in [0.2, 0.25) is 0 Å². The zero-order valence-electron chi connectivity index (χ0n) is 10.4. The Bertz CT molecular complexity index is 517. The van der Waals surface area contributed by atoms with Gasteiger partial charge in [-0.05, 0) is 47.7 Å². The summed E-state index contributed by atoms with van der Waals surface area (Å²) in [6.07, 6.45) is 2.95. The Morgan fingerprint density at radius 2 is 1.67 bits per heavy atom. The number of hydrogen-bond donors (Lipinski definition) is 0. The van der Waals surface area contributed by atoms with Gasteiger partial charge in [-0.25, -0.2) is 4.39 Å². The van der Waals surface area contributed by atoms with Crippen molar-refractivity contribution >= 4 is 15.9 Å². The average Bonchev–Trinajstić information content (AvgIpc) is 2.38. The lowest BCUT2D eigenvalue weighted by Crippen LogP contribution is -1.91. The van der Waals surface area contributed by atoms with Gasteiger partial charge >= 0.3 is 0 Å². The van der Waals surface area contributed by atoms with Crippen LogP contribution in [-0.2, 0) is 6.42 Å². The maximum absolute atomic E-state index is 13.9. The molecule has 0 saturated heterocycles. The van der Waals surface area contributed by atoms with E-state index in [1.54, 1.807) is 6.07 Å². The highest BCUT2D eigenvalue weighted by atomic mass is 79.9. The monoisotopic (exact) mass is 306 g/mol. The van der Waals surface area contributed by atoms with Crippen molar-refractivity contribution in [3.05, 3.63) is 58.3 Å². The number of halogens is 2. The predicted octanol–water partition coefficient (Wildman–Crippen LogP) is 5.60. The van der Waals surface area contributed by atoms with Gasteiger partial charge in [-0.3, -0.25) is 0 Å². The number of unbranched alkanes of at least 4 members (excludes halogenated alkanes) is 1. The molecule has 0 aromatic heterocycles. The van der Waals surface area contributed by atoms with E-state index < -0.39 is 0 Å². The summed E-state index contributed by atoms with van der Waals surface area (Å²) in [4.78, 5) is 0. The minimum atomic E-state index is -0.0936. The van der Waals surface area contributed by atoms with Gasteiger partial charge in [0.15, 0.2) is 0 Å². The van der Waals surface area contributed by atoms with Gasteiger partial charge in [0, 0.05) is 4.47 Å². The Labute approximate surface area is 116 Å². The Hall–Kier alpha value is -1.15. The summed E-state index contributed by atoms with van der Waals surface area (Å²) in [6.45, 7) is 2.12. The highest BCUT2D eigenvalue weighted by Crippen LogP contribution is 2.24. The van der Waals surface area contributed by atoms with Gasteiger partial charge < -0.3 is 0 Å². The fourth-order valence-corrected chi connectivity index (χ4v) is 2.20. The standard InChI is InChI=1S/C16H16BrF/c1-2-3-4-13-5-6-14(11-16(13)18)12-7-9-15(17)10-8-12/h5-11H,2-4H2,1H3. The maximum Gasteiger partial charge on any atom is 0.127 e. The summed E-state index contributed by atoms with van der Waals surface area (Å²) in [5.41, 5.74) is 2.79. The second-order valence-corrected chi connectivity index (χ2v) is 5.33. The molecule has 0 aliphatic carbocycles. The second-order valence-electron chi connectivity index (χ2n) is 4.42. The zero-order valence-corrected chi connectivity index (χ0v) is 12.0. The lowest BCUT2D eigenvalue weighted by Gasteiger charge is -2.06. The quantitative estimate of drug-likeness (QED) is 0.690. The van der Waals surface area contributed by atoms with Crippen LogP contribution >= 0.6 is 15.9 Å². The fourth-order valence-electron chi connectivity index (χ4n) is 1.94. The largest absolute Gasteiger partial charge is 0.207 e. The van der Waals surface area contributed by atoms with E-state index in [9.17, 15) is 4.39 Å². The van der Waals surface area contributed by atoms with Crippen LogP contribution in [0.1, 0.15) is 25.3 Å². The molecule has 0 saturated carbocycles. The molecule has 2 heteroatoms. The van der Waals surface area contributed by atoms with Gasteiger partial charge in [0.2, 0.25) is 0 Å². The summed E-state index contributed by atoms with van der Waals surface area (Å²) in [6, 6.07) is 13.5. The van der Waals surface area contributed by atoms with Crippen molar-refractivity contribution < 1.29 is 4.39 Å². The molecule has 0 fully saturated rings. The van der Waals surface area contributed by atoms with Crippen LogP contribution in [0, 0.1) is 5.82 Å². The third kappa shape index (κ3) is 3.20. The molecular formula is C16H16BrF. The van der Waals surface area contributed by atoms with Crippen molar-refractivity contribution in [1.29, 1.82) is 0 Å². The highest BCUT2D eigenvalue weighted by Gasteiger charge is 2.04. The van der Waals surface area contributed by atoms with E-state index in [1.165, 1.54) is 0 Å². The molecule has 0 heterocycles. The molecular weight excluding hydrogens is 291 g/mol. The molecule has 18 heavy (non-hydrogen) atoms. The molecule has 2 aromatic rings. The van der Waals surface area contributed by atoms with E-state index in [1.807, 2.05) is 36.4 Å². The minimum absolute atomic E-state index is 0.0936. The molecule has 0 aliphatic rings. The lowest BCUT2D eigenvalue weighted by molar-refractivity contribution is 0.603. The van der Waals surface area contributed by atoms with Gasteiger partial charge in [-0.1, -0.05) is 53.5 Å². The van der Waals surface area contributed by atoms with Crippen LogP contribution in [0.25, 0.3) is 11.1 Å². The first kappa shape index (κ1) is 13.3. The minimum Gasteiger partial charge on any atom is -0.207 e. The predicted molar refractivity (Wildman–Crippen MR) is 78.1 cm³/mol. The van der Waals surface area contributed by atoms with Crippen molar-refractivity contribution in [3.8, 4) is 11.1 Å². The summed E-state index contributed by atoms with van der Waals surface area (Å²) < 4.78 is 15.0. The molecule has 0 bridgehead atoms. The van der Waals surface area contributed by atoms with E-state index in [0.717, 1.165) is 40.4 Å². The number of rotatable bonds is 4. The molecule has 94 valence electrons. The molecule has 0 amide bonds. The Kier molecular flexibility index (Phi) is 4.54. The van der Waals surface area contributed by atoms with Gasteiger partial charge in [0.05, 0.1) is 0 Å². The fraction of sp³-hybridized carbons (Fsp3) is 0.250. The van der Waals surface area contributed by atoms with Gasteiger partial charge in [0.1, 0.15) is 5.82 Å². The molecule has 0 aliphatic heterocycles. The van der Waals surface area contributed by atoms with Crippen molar-refractivity contribution in [2.45, 2.75) is 26.2 Å². The van der Waals surface area contributed by atoms with Crippen molar-refractivity contribution in [2.75, 3.05) is 0 Å². The topological polar surface area (TPSA) is 0 Å². The third-order valence-electron chi connectivity index (χ3n) is 3.03. The van der Waals surface area contributed by atoms with E-state index in [4.69, 9.17) is 0 Å². The molecule has 0 nitrogen and oxygen atoms in total. The SMILES string of the molecule is CCCCc1ccc(-c2ccc(Br)cc2)cc1F. The molecule has 0 unspecified atom stereocenters. The maximum atomic E-state index is 13.9. The van der Waals surface area contributed by atoms with E-state index >= 15 is 0 Å². The second kappa shape index (κ2) is 6.14. The smallest absolute Gasteiger partial charge is 0.127 e. The van der Waals surface area contributed by atoms with Gasteiger partial charge in [0.25, 0.3) is 0 Å². The summed E-state index contributed by atoms with van der Waals surface area (Å²) in [7, 11) is 0. The van der Waals surface area contributed by atoms with Crippen LogP contribution in [0.15, 0.2) is 46.9 Å². The molecule has 2 aromatic carbocycles. The number of aryl methyl sites for hydroxylation is 1. The van der Waals surface area contributed by atoms with Crippen molar-refractivity contribution in [3.63, 3.8) is 0 Å². The summed E-state index contributed by atoms with van der Waals surface area (Å²) in [5.74, 6) is -0.0936. The Balaban J connectivity index is 2.25. The molecule has 2 rings (SSSR count). The van der Waals surface area contributed by atoms with Crippen LogP contribution in [-0.4, -0.2) is 0 Å². The van der Waals surface area contributed by atoms with E-state index in [2.05, 4.69) is 22.9 Å². The number of hydrogen-bond acceptors (Lipinski definition) is 0. The third-order valence-corrected chi connectivity index (χ3v) is 3.56. The average molecular weight is 307 g/mol. The molecule has 0 atom stereocenters. The molecule has 0 radical (unpaired) electrons. The normalized spacial score (nSPS) is 10.6.